The van der Waals surface area contributed by atoms with Gasteiger partial charge < -0.3 is 25.5 Å². The molecule has 9 nitrogen and oxygen atoms in total. The molecule has 34 heavy (non-hydrogen) atoms. The largest absolute Gasteiger partial charge is 0.502 e. The highest BCUT2D eigenvalue weighted by molar-refractivity contribution is 9.10. The molecule has 0 saturated carbocycles. The average molecular weight is 532 g/mol. The number of amides is 3. The number of aromatic nitrogens is 1. The lowest BCUT2D eigenvalue weighted by Gasteiger charge is -2.48. The molecule has 4 rings (SSSR count). The number of rotatable bonds is 5. The van der Waals surface area contributed by atoms with Gasteiger partial charge in [-0.2, -0.15) is 0 Å². The van der Waals surface area contributed by atoms with Crippen LogP contribution in [-0.2, 0) is 16.1 Å². The molecule has 3 heterocycles. The van der Waals surface area contributed by atoms with Gasteiger partial charge in [0, 0.05) is 26.3 Å². The number of hydrogen-bond acceptors (Lipinski definition) is 6. The van der Waals surface area contributed by atoms with Crippen LogP contribution >= 0.6 is 15.9 Å². The van der Waals surface area contributed by atoms with Crippen molar-refractivity contribution in [2.75, 3.05) is 13.6 Å². The van der Waals surface area contributed by atoms with Crippen LogP contribution in [0.2, 0.25) is 0 Å². The molecule has 0 bridgehead atoms. The van der Waals surface area contributed by atoms with Gasteiger partial charge in [0.1, 0.15) is 16.1 Å². The van der Waals surface area contributed by atoms with Crippen LogP contribution in [0.1, 0.15) is 28.9 Å². The molecule has 178 valence electrons. The molecule has 1 saturated heterocycles. The molecule has 0 aliphatic carbocycles. The van der Waals surface area contributed by atoms with Gasteiger partial charge in [-0.15, -0.1) is 0 Å². The lowest BCUT2D eigenvalue weighted by Crippen LogP contribution is -2.76. The fourth-order valence-corrected chi connectivity index (χ4v) is 4.74. The molecule has 0 radical (unpaired) electrons. The third-order valence-electron chi connectivity index (χ3n) is 6.12. The highest BCUT2D eigenvalue weighted by Crippen LogP contribution is 2.33. The van der Waals surface area contributed by atoms with E-state index in [1.807, 2.05) is 0 Å². The van der Waals surface area contributed by atoms with Gasteiger partial charge in [0.05, 0.1) is 6.04 Å². The minimum atomic E-state index is -1.68. The van der Waals surface area contributed by atoms with E-state index in [0.717, 1.165) is 11.1 Å². The predicted octanol–water partition coefficient (Wildman–Crippen LogP) is 2.06. The van der Waals surface area contributed by atoms with Crippen molar-refractivity contribution in [3.8, 4) is 0 Å². The highest BCUT2D eigenvalue weighted by Gasteiger charge is 2.57. The van der Waals surface area contributed by atoms with Crippen molar-refractivity contribution in [2.24, 2.45) is 0 Å². The Bertz CT molecular complexity index is 1160. The maximum absolute atomic E-state index is 13.7. The molecular formula is C23H23BrFN5O4. The quantitative estimate of drug-likeness (QED) is 0.508. The molecule has 2 aromatic rings. The fraction of sp³-hybridized carbons (Fsp3) is 0.304. The summed E-state index contributed by atoms with van der Waals surface area (Å²) in [6.45, 7) is 0.443. The molecule has 2 aliphatic rings. The molecule has 1 aromatic carbocycles. The predicted molar refractivity (Wildman–Crippen MR) is 124 cm³/mol. The first kappa shape index (κ1) is 23.7. The van der Waals surface area contributed by atoms with Crippen LogP contribution in [0, 0.1) is 5.82 Å². The zero-order chi connectivity index (χ0) is 24.5. The molecule has 3 amide bonds. The van der Waals surface area contributed by atoms with Gasteiger partial charge in [-0.25, -0.2) is 9.37 Å². The number of aliphatic hydroxyl groups excluding tert-OH is 1. The van der Waals surface area contributed by atoms with Crippen molar-refractivity contribution in [3.05, 3.63) is 76.1 Å². The third kappa shape index (κ3) is 4.23. The summed E-state index contributed by atoms with van der Waals surface area (Å²) in [5.41, 5.74) is -0.821. The van der Waals surface area contributed by atoms with Gasteiger partial charge in [0.25, 0.3) is 17.7 Å². The van der Waals surface area contributed by atoms with E-state index in [1.54, 1.807) is 30.3 Å². The van der Waals surface area contributed by atoms with Crippen LogP contribution in [0.15, 0.2) is 59.0 Å². The molecular weight excluding hydrogens is 509 g/mol. The van der Waals surface area contributed by atoms with Gasteiger partial charge in [0.15, 0.2) is 5.76 Å². The Morgan fingerprint density at radius 3 is 2.74 bits per heavy atom. The Labute approximate surface area is 203 Å². The van der Waals surface area contributed by atoms with Crippen LogP contribution in [-0.4, -0.2) is 62.9 Å². The molecule has 1 fully saturated rings. The monoisotopic (exact) mass is 531 g/mol. The van der Waals surface area contributed by atoms with E-state index in [1.165, 1.54) is 24.1 Å². The van der Waals surface area contributed by atoms with E-state index in [2.05, 4.69) is 31.5 Å². The lowest BCUT2D eigenvalue weighted by atomic mass is 9.92. The standard InChI is InChI=1S/C23H23BrFN5O4/c1-29-21(33)17(31)13-27-23(29,22(34)26-12-14-7-9-15(25)10-8-14)18-5-3-11-30(18)20(32)16-4-2-6-19(24)28-16/h2,4,6-10,13,18,27,31H,3,5,11-12H2,1H3,(H,26,34). The number of benzene rings is 1. The van der Waals surface area contributed by atoms with Crippen molar-refractivity contribution in [2.45, 2.75) is 31.1 Å². The summed E-state index contributed by atoms with van der Waals surface area (Å²) in [6, 6.07) is 9.89. The van der Waals surface area contributed by atoms with Crippen molar-refractivity contribution in [1.29, 1.82) is 0 Å². The van der Waals surface area contributed by atoms with E-state index in [-0.39, 0.29) is 18.1 Å². The first-order chi connectivity index (χ1) is 16.2. The second kappa shape index (κ2) is 9.41. The van der Waals surface area contributed by atoms with Crippen molar-refractivity contribution in [3.63, 3.8) is 0 Å². The number of pyridine rings is 1. The van der Waals surface area contributed by atoms with Gasteiger partial charge in [-0.1, -0.05) is 18.2 Å². The summed E-state index contributed by atoms with van der Waals surface area (Å²) >= 11 is 3.27. The van der Waals surface area contributed by atoms with E-state index < -0.39 is 35.1 Å². The van der Waals surface area contributed by atoms with Gasteiger partial charge in [0.2, 0.25) is 5.66 Å². The lowest BCUT2D eigenvalue weighted by molar-refractivity contribution is -0.153. The van der Waals surface area contributed by atoms with Crippen LogP contribution in [0.3, 0.4) is 0 Å². The normalized spacial score (nSPS) is 22.3. The molecule has 2 atom stereocenters. The second-order valence-corrected chi connectivity index (χ2v) is 8.93. The van der Waals surface area contributed by atoms with Gasteiger partial charge >= 0.3 is 0 Å². The molecule has 0 spiro atoms. The Hall–Kier alpha value is -3.47. The smallest absolute Gasteiger partial charge is 0.292 e. The number of carbonyl (C=O) groups is 3. The fourth-order valence-electron chi connectivity index (χ4n) is 4.40. The maximum Gasteiger partial charge on any atom is 0.292 e. The summed E-state index contributed by atoms with van der Waals surface area (Å²) in [7, 11) is 1.40. The number of likely N-dealkylation sites (tertiary alicyclic amines) is 1. The summed E-state index contributed by atoms with van der Waals surface area (Å²) in [4.78, 5) is 46.6. The number of hydrogen-bond donors (Lipinski definition) is 3. The van der Waals surface area contributed by atoms with Crippen molar-refractivity contribution < 1.29 is 23.9 Å². The van der Waals surface area contributed by atoms with E-state index >= 15 is 0 Å². The highest BCUT2D eigenvalue weighted by atomic mass is 79.9. The number of nitrogens with zero attached hydrogens (tertiary/aromatic N) is 3. The molecule has 1 aromatic heterocycles. The molecule has 2 aliphatic heterocycles. The zero-order valence-corrected chi connectivity index (χ0v) is 19.9. The van der Waals surface area contributed by atoms with Crippen LogP contribution in [0.4, 0.5) is 4.39 Å². The molecule has 3 N–H and O–H groups in total. The summed E-state index contributed by atoms with van der Waals surface area (Å²) in [5.74, 6) is -2.64. The van der Waals surface area contributed by atoms with Crippen LogP contribution in [0.25, 0.3) is 0 Å². The topological polar surface area (TPSA) is 115 Å². The average Bonchev–Trinajstić information content (AvgIpc) is 3.32. The van der Waals surface area contributed by atoms with Gasteiger partial charge in [-0.3, -0.25) is 14.4 Å². The van der Waals surface area contributed by atoms with Gasteiger partial charge in [-0.05, 0) is 58.6 Å². The zero-order valence-electron chi connectivity index (χ0n) is 18.3. The summed E-state index contributed by atoms with van der Waals surface area (Å²) in [5, 5.41) is 15.7. The minimum Gasteiger partial charge on any atom is -0.502 e. The number of nitrogens with one attached hydrogen (secondary N) is 2. The number of aliphatic hydroxyl groups is 1. The van der Waals surface area contributed by atoms with E-state index in [0.29, 0.717) is 29.6 Å². The van der Waals surface area contributed by atoms with Crippen LogP contribution in [0.5, 0.6) is 0 Å². The second-order valence-electron chi connectivity index (χ2n) is 8.12. The number of carbonyl (C=O) groups excluding carboxylic acids is 3. The SMILES string of the molecule is CN1C(=O)C(O)=CNC1(C(=O)NCc1ccc(F)cc1)C1CCCN1C(=O)c1cccc(Br)n1. The Kier molecular flexibility index (Phi) is 6.56. The van der Waals surface area contributed by atoms with Crippen LogP contribution < -0.4 is 10.6 Å². The number of likely N-dealkylation sites (N-methyl/N-ethyl adjacent to an activating group) is 1. The van der Waals surface area contributed by atoms with E-state index in [9.17, 15) is 23.9 Å². The molecule has 11 heteroatoms. The van der Waals surface area contributed by atoms with E-state index in [4.69, 9.17) is 0 Å². The first-order valence-corrected chi connectivity index (χ1v) is 11.4. The summed E-state index contributed by atoms with van der Waals surface area (Å²) in [6.07, 6.45) is 2.12. The Balaban J connectivity index is 1.67. The molecule has 2 unspecified atom stereocenters. The maximum atomic E-state index is 13.7. The number of halogens is 2. The minimum absolute atomic E-state index is 0.0775. The first-order valence-electron chi connectivity index (χ1n) is 10.7. The third-order valence-corrected chi connectivity index (χ3v) is 6.57. The Morgan fingerprint density at radius 1 is 1.29 bits per heavy atom. The van der Waals surface area contributed by atoms with Crippen molar-refractivity contribution >= 4 is 33.7 Å². The Morgan fingerprint density at radius 2 is 2.03 bits per heavy atom. The summed E-state index contributed by atoms with van der Waals surface area (Å²) < 4.78 is 13.7. The van der Waals surface area contributed by atoms with Crippen molar-refractivity contribution in [1.82, 2.24) is 25.4 Å².